The quantitative estimate of drug-likeness (QED) is 0.697. The number of nitrogens with zero attached hydrogens (tertiary/aromatic N) is 1. The zero-order valence-corrected chi connectivity index (χ0v) is 18.3. The van der Waals surface area contributed by atoms with Crippen LogP contribution in [-0.4, -0.2) is 54.8 Å². The highest BCUT2D eigenvalue weighted by Crippen LogP contribution is 2.28. The number of hydrogen-bond donors (Lipinski definition) is 2. The van der Waals surface area contributed by atoms with Gasteiger partial charge in [-0.1, -0.05) is 13.8 Å². The van der Waals surface area contributed by atoms with Crippen molar-refractivity contribution in [3.05, 3.63) is 29.3 Å². The Morgan fingerprint density at radius 3 is 2.69 bits per heavy atom. The van der Waals surface area contributed by atoms with Gasteiger partial charge in [0, 0.05) is 18.2 Å². The highest BCUT2D eigenvalue weighted by Gasteiger charge is 2.25. The predicted molar refractivity (Wildman–Crippen MR) is 116 cm³/mol. The van der Waals surface area contributed by atoms with Gasteiger partial charge >= 0.3 is 0 Å². The van der Waals surface area contributed by atoms with Crippen molar-refractivity contribution in [2.24, 2.45) is 11.8 Å². The Balaban J connectivity index is 1.59. The monoisotopic (exact) mass is 402 g/mol. The Hall–Kier alpha value is -1.59. The van der Waals surface area contributed by atoms with Crippen molar-refractivity contribution in [1.82, 2.24) is 10.2 Å². The molecule has 1 amide bonds. The Morgan fingerprint density at radius 1 is 1.24 bits per heavy atom. The summed E-state index contributed by atoms with van der Waals surface area (Å²) in [5.74, 6) is 2.23. The second kappa shape index (κ2) is 10.4. The third kappa shape index (κ3) is 6.45. The van der Waals surface area contributed by atoms with Crippen molar-refractivity contribution in [1.29, 1.82) is 0 Å². The lowest BCUT2D eigenvalue weighted by molar-refractivity contribution is 0.0867. The highest BCUT2D eigenvalue weighted by molar-refractivity contribution is 5.94. The van der Waals surface area contributed by atoms with E-state index in [4.69, 9.17) is 4.74 Å². The van der Waals surface area contributed by atoms with Gasteiger partial charge in [0.2, 0.25) is 0 Å². The molecule has 0 bridgehead atoms. The van der Waals surface area contributed by atoms with Crippen molar-refractivity contribution < 1.29 is 14.6 Å². The number of amides is 1. The van der Waals surface area contributed by atoms with Crippen molar-refractivity contribution in [2.75, 3.05) is 26.7 Å². The standard InChI is InChI=1S/C24H38N2O3/c1-17(2)10-12-26-13-11-18(16-26)14-20-15-19(4-9-23(20)29-3)24(28)25-21-5-7-22(27)8-6-21/h4,9,15,17-18,21-22,27H,5-8,10-14,16H2,1-3H3,(H,25,28). The van der Waals surface area contributed by atoms with E-state index in [9.17, 15) is 9.90 Å². The first-order valence-electron chi connectivity index (χ1n) is 11.3. The number of carbonyl (C=O) groups excluding carboxylic acids is 1. The third-order valence-electron chi connectivity index (χ3n) is 6.48. The lowest BCUT2D eigenvalue weighted by atomic mass is 9.92. The van der Waals surface area contributed by atoms with E-state index in [1.165, 1.54) is 25.9 Å². The molecular weight excluding hydrogens is 364 g/mol. The van der Waals surface area contributed by atoms with Gasteiger partial charge in [-0.25, -0.2) is 0 Å². The van der Waals surface area contributed by atoms with Crippen molar-refractivity contribution >= 4 is 5.91 Å². The lowest BCUT2D eigenvalue weighted by Gasteiger charge is -2.26. The van der Waals surface area contributed by atoms with Crippen LogP contribution in [0.15, 0.2) is 18.2 Å². The number of methoxy groups -OCH3 is 1. The molecule has 0 aromatic heterocycles. The van der Waals surface area contributed by atoms with Crippen molar-refractivity contribution in [2.45, 2.75) is 70.9 Å². The first kappa shape index (κ1) is 22.1. The van der Waals surface area contributed by atoms with Crippen LogP contribution < -0.4 is 10.1 Å². The van der Waals surface area contributed by atoms with Crippen LogP contribution >= 0.6 is 0 Å². The maximum Gasteiger partial charge on any atom is 0.251 e. The Bertz CT molecular complexity index is 668. The summed E-state index contributed by atoms with van der Waals surface area (Å²) in [7, 11) is 1.70. The summed E-state index contributed by atoms with van der Waals surface area (Å²) in [6.45, 7) is 8.06. The maximum absolute atomic E-state index is 12.8. The van der Waals surface area contributed by atoms with E-state index in [0.717, 1.165) is 55.9 Å². The van der Waals surface area contributed by atoms with Gasteiger partial charge in [-0.05, 0) is 93.6 Å². The number of carbonyl (C=O) groups is 1. The molecule has 5 nitrogen and oxygen atoms in total. The van der Waals surface area contributed by atoms with Crippen LogP contribution in [0, 0.1) is 11.8 Å². The average molecular weight is 403 g/mol. The fourth-order valence-corrected chi connectivity index (χ4v) is 4.60. The molecule has 1 atom stereocenters. The molecule has 1 saturated carbocycles. The molecule has 1 aromatic rings. The first-order valence-corrected chi connectivity index (χ1v) is 11.3. The number of ether oxygens (including phenoxy) is 1. The van der Waals surface area contributed by atoms with Gasteiger partial charge in [-0.3, -0.25) is 4.79 Å². The second-order valence-electron chi connectivity index (χ2n) is 9.35. The number of hydrogen-bond acceptors (Lipinski definition) is 4. The van der Waals surface area contributed by atoms with Gasteiger partial charge in [0.15, 0.2) is 0 Å². The number of nitrogens with one attached hydrogen (secondary N) is 1. The van der Waals surface area contributed by atoms with Gasteiger partial charge in [0.25, 0.3) is 5.91 Å². The number of benzene rings is 1. The van der Waals surface area contributed by atoms with Crippen LogP contribution in [0.5, 0.6) is 5.75 Å². The van der Waals surface area contributed by atoms with E-state index in [2.05, 4.69) is 24.1 Å². The largest absolute Gasteiger partial charge is 0.496 e. The fraction of sp³-hybridized carbons (Fsp3) is 0.708. The number of aliphatic hydroxyl groups excluding tert-OH is 1. The number of aliphatic hydroxyl groups is 1. The summed E-state index contributed by atoms with van der Waals surface area (Å²) in [5.41, 5.74) is 1.84. The number of likely N-dealkylation sites (tertiary alicyclic amines) is 1. The molecule has 2 N–H and O–H groups in total. The van der Waals surface area contributed by atoms with Crippen molar-refractivity contribution in [3.63, 3.8) is 0 Å². The average Bonchev–Trinajstić information content (AvgIpc) is 3.15. The second-order valence-corrected chi connectivity index (χ2v) is 9.35. The van der Waals surface area contributed by atoms with Gasteiger partial charge < -0.3 is 20.1 Å². The molecule has 1 aromatic carbocycles. The molecule has 0 spiro atoms. The van der Waals surface area contributed by atoms with Crippen molar-refractivity contribution in [3.8, 4) is 5.75 Å². The molecule has 1 saturated heterocycles. The van der Waals surface area contributed by atoms with Gasteiger partial charge in [-0.2, -0.15) is 0 Å². The zero-order valence-electron chi connectivity index (χ0n) is 18.3. The molecule has 3 rings (SSSR count). The zero-order chi connectivity index (χ0) is 20.8. The molecule has 2 aliphatic rings. The Labute approximate surface area is 175 Å². The minimum absolute atomic E-state index is 0.0136. The van der Waals surface area contributed by atoms with Gasteiger partial charge in [0.05, 0.1) is 13.2 Å². The molecule has 1 aliphatic heterocycles. The van der Waals surface area contributed by atoms with Crippen LogP contribution in [0.25, 0.3) is 0 Å². The molecule has 0 radical (unpaired) electrons. The summed E-state index contributed by atoms with van der Waals surface area (Å²) in [6.07, 6.45) is 6.46. The Kier molecular flexibility index (Phi) is 7.96. The van der Waals surface area contributed by atoms with E-state index < -0.39 is 0 Å². The minimum Gasteiger partial charge on any atom is -0.496 e. The molecule has 5 heteroatoms. The SMILES string of the molecule is COc1ccc(C(=O)NC2CCC(O)CC2)cc1CC1CCN(CCC(C)C)C1. The summed E-state index contributed by atoms with van der Waals surface area (Å²) >= 11 is 0. The topological polar surface area (TPSA) is 61.8 Å². The van der Waals surface area contributed by atoms with E-state index in [1.54, 1.807) is 7.11 Å². The summed E-state index contributed by atoms with van der Waals surface area (Å²) in [4.78, 5) is 15.3. The molecule has 2 fully saturated rings. The molecule has 29 heavy (non-hydrogen) atoms. The van der Waals surface area contributed by atoms with E-state index in [0.29, 0.717) is 11.5 Å². The predicted octanol–water partition coefficient (Wildman–Crippen LogP) is 3.64. The summed E-state index contributed by atoms with van der Waals surface area (Å²) in [5, 5.41) is 12.8. The minimum atomic E-state index is -0.206. The maximum atomic E-state index is 12.8. The third-order valence-corrected chi connectivity index (χ3v) is 6.48. The van der Waals surface area contributed by atoms with Crippen LogP contribution in [0.1, 0.15) is 68.3 Å². The summed E-state index contributed by atoms with van der Waals surface area (Å²) < 4.78 is 5.58. The van der Waals surface area contributed by atoms with E-state index in [1.807, 2.05) is 18.2 Å². The normalized spacial score (nSPS) is 25.3. The van der Waals surface area contributed by atoms with E-state index in [-0.39, 0.29) is 18.1 Å². The fourth-order valence-electron chi connectivity index (χ4n) is 4.60. The molecule has 1 unspecified atom stereocenters. The molecule has 1 aliphatic carbocycles. The number of rotatable bonds is 8. The molecule has 162 valence electrons. The first-order chi connectivity index (χ1) is 13.9. The van der Waals surface area contributed by atoms with Gasteiger partial charge in [-0.15, -0.1) is 0 Å². The van der Waals surface area contributed by atoms with Crippen LogP contribution in [0.4, 0.5) is 0 Å². The van der Waals surface area contributed by atoms with Crippen LogP contribution in [0.3, 0.4) is 0 Å². The highest BCUT2D eigenvalue weighted by atomic mass is 16.5. The van der Waals surface area contributed by atoms with Crippen LogP contribution in [-0.2, 0) is 6.42 Å². The lowest BCUT2D eigenvalue weighted by Crippen LogP contribution is -2.38. The van der Waals surface area contributed by atoms with Crippen LogP contribution in [0.2, 0.25) is 0 Å². The van der Waals surface area contributed by atoms with E-state index >= 15 is 0 Å². The molecule has 1 heterocycles. The van der Waals surface area contributed by atoms with Gasteiger partial charge in [0.1, 0.15) is 5.75 Å². The smallest absolute Gasteiger partial charge is 0.251 e. The molecular formula is C24H38N2O3. The Morgan fingerprint density at radius 2 is 2.00 bits per heavy atom. The summed E-state index contributed by atoms with van der Waals surface area (Å²) in [6, 6.07) is 5.97.